The number of benzene rings is 1. The van der Waals surface area contributed by atoms with Gasteiger partial charge in [0.25, 0.3) is 5.91 Å². The minimum absolute atomic E-state index is 0.177. The second kappa shape index (κ2) is 8.60. The maximum absolute atomic E-state index is 12.8. The van der Waals surface area contributed by atoms with E-state index in [1.165, 1.54) is 5.56 Å². The molecule has 2 aliphatic rings. The molecule has 2 saturated heterocycles. The highest BCUT2D eigenvalue weighted by Crippen LogP contribution is 2.19. The number of hydrogen-bond donors (Lipinski definition) is 1. The van der Waals surface area contributed by atoms with Crippen LogP contribution in [0.1, 0.15) is 18.4 Å². The molecule has 0 radical (unpaired) electrons. The Morgan fingerprint density at radius 3 is 2.67 bits per heavy atom. The van der Waals surface area contributed by atoms with Gasteiger partial charge in [0.2, 0.25) is 0 Å². The predicted octanol–water partition coefficient (Wildman–Crippen LogP) is 1.35. The number of piperidine rings is 1. The van der Waals surface area contributed by atoms with Gasteiger partial charge in [-0.25, -0.2) is 0 Å². The van der Waals surface area contributed by atoms with Crippen molar-refractivity contribution in [2.45, 2.75) is 25.5 Å². The second-order valence-corrected chi connectivity index (χ2v) is 6.91. The van der Waals surface area contributed by atoms with Gasteiger partial charge in [-0.15, -0.1) is 0 Å². The second-order valence-electron chi connectivity index (χ2n) is 6.91. The topological polar surface area (TPSA) is 44.8 Å². The minimum atomic E-state index is -0.302. The third-order valence-electron chi connectivity index (χ3n) is 5.09. The fraction of sp³-hybridized carbons (Fsp3) is 0.632. The molecule has 0 aliphatic carbocycles. The molecule has 3 rings (SSSR count). The van der Waals surface area contributed by atoms with Crippen LogP contribution in [0.4, 0.5) is 0 Å². The first kappa shape index (κ1) is 17.4. The van der Waals surface area contributed by atoms with Crippen LogP contribution in [0.5, 0.6) is 0 Å². The van der Waals surface area contributed by atoms with Crippen LogP contribution in [0.15, 0.2) is 30.3 Å². The van der Waals surface area contributed by atoms with Gasteiger partial charge in [-0.1, -0.05) is 30.3 Å². The van der Waals surface area contributed by atoms with E-state index in [2.05, 4.69) is 34.5 Å². The molecule has 1 atom stereocenters. The zero-order chi connectivity index (χ0) is 16.8. The first-order chi connectivity index (χ1) is 11.8. The van der Waals surface area contributed by atoms with E-state index in [9.17, 15) is 4.79 Å². The van der Waals surface area contributed by atoms with Gasteiger partial charge in [0.05, 0.1) is 6.61 Å². The van der Waals surface area contributed by atoms with Gasteiger partial charge in [0.1, 0.15) is 6.10 Å². The van der Waals surface area contributed by atoms with Crippen LogP contribution in [0.25, 0.3) is 0 Å². The van der Waals surface area contributed by atoms with Crippen molar-refractivity contribution >= 4 is 5.91 Å². The predicted molar refractivity (Wildman–Crippen MR) is 94.7 cm³/mol. The van der Waals surface area contributed by atoms with Crippen molar-refractivity contribution in [3.05, 3.63) is 35.9 Å². The SMILES string of the molecule is CNCC1CCN(C(=O)C2CN(Cc3ccccc3)CCO2)CC1. The number of nitrogens with one attached hydrogen (secondary N) is 1. The van der Waals surface area contributed by atoms with E-state index in [4.69, 9.17) is 4.74 Å². The minimum Gasteiger partial charge on any atom is -0.366 e. The van der Waals surface area contributed by atoms with Gasteiger partial charge >= 0.3 is 0 Å². The van der Waals surface area contributed by atoms with E-state index in [-0.39, 0.29) is 12.0 Å². The van der Waals surface area contributed by atoms with E-state index in [0.29, 0.717) is 19.1 Å². The molecule has 1 aromatic carbocycles. The summed E-state index contributed by atoms with van der Waals surface area (Å²) in [7, 11) is 1.99. The van der Waals surface area contributed by atoms with Crippen LogP contribution in [0.3, 0.4) is 0 Å². The third kappa shape index (κ3) is 4.56. The van der Waals surface area contributed by atoms with Crippen LogP contribution in [-0.2, 0) is 16.1 Å². The summed E-state index contributed by atoms with van der Waals surface area (Å²) in [5.41, 5.74) is 1.29. The maximum Gasteiger partial charge on any atom is 0.253 e. The van der Waals surface area contributed by atoms with Gasteiger partial charge in [0, 0.05) is 32.7 Å². The zero-order valence-electron chi connectivity index (χ0n) is 14.6. The summed E-state index contributed by atoms with van der Waals surface area (Å²) in [5, 5.41) is 3.24. The number of rotatable bonds is 5. The third-order valence-corrected chi connectivity index (χ3v) is 5.09. The lowest BCUT2D eigenvalue weighted by atomic mass is 9.96. The Morgan fingerprint density at radius 2 is 1.96 bits per heavy atom. The Hall–Kier alpha value is -1.43. The number of nitrogens with zero attached hydrogens (tertiary/aromatic N) is 2. The number of amides is 1. The lowest BCUT2D eigenvalue weighted by Crippen LogP contribution is -2.52. The highest BCUT2D eigenvalue weighted by atomic mass is 16.5. The van der Waals surface area contributed by atoms with Crippen LogP contribution in [0, 0.1) is 5.92 Å². The van der Waals surface area contributed by atoms with Crippen molar-refractivity contribution in [2.75, 3.05) is 46.4 Å². The molecule has 1 aromatic rings. The fourth-order valence-corrected chi connectivity index (χ4v) is 3.69. The standard InChI is InChI=1S/C19H29N3O2/c1-20-13-16-7-9-22(10-8-16)19(23)18-15-21(11-12-24-18)14-17-5-3-2-4-6-17/h2-6,16,18,20H,7-15H2,1H3. The van der Waals surface area contributed by atoms with E-state index in [1.54, 1.807) is 0 Å². The molecule has 1 N–H and O–H groups in total. The van der Waals surface area contributed by atoms with Crippen molar-refractivity contribution in [3.8, 4) is 0 Å². The summed E-state index contributed by atoms with van der Waals surface area (Å²) in [5.74, 6) is 0.872. The Kier molecular flexibility index (Phi) is 6.24. The Balaban J connectivity index is 1.50. The molecule has 0 aromatic heterocycles. The number of hydrogen-bond acceptors (Lipinski definition) is 4. The summed E-state index contributed by atoms with van der Waals surface area (Å²) < 4.78 is 5.79. The monoisotopic (exact) mass is 331 g/mol. The molecule has 0 bridgehead atoms. The van der Waals surface area contributed by atoms with E-state index in [1.807, 2.05) is 18.0 Å². The maximum atomic E-state index is 12.8. The Labute approximate surface area is 145 Å². The summed E-state index contributed by atoms with van der Waals surface area (Å²) >= 11 is 0. The molecule has 0 saturated carbocycles. The number of carbonyl (C=O) groups excluding carboxylic acids is 1. The number of morpholine rings is 1. The van der Waals surface area contributed by atoms with Gasteiger partial charge in [-0.2, -0.15) is 0 Å². The molecule has 2 aliphatic heterocycles. The highest BCUT2D eigenvalue weighted by Gasteiger charge is 2.32. The lowest BCUT2D eigenvalue weighted by Gasteiger charge is -2.37. The van der Waals surface area contributed by atoms with Gasteiger partial charge in [-0.3, -0.25) is 9.69 Å². The molecule has 1 amide bonds. The average molecular weight is 331 g/mol. The van der Waals surface area contributed by atoms with Crippen LogP contribution in [0.2, 0.25) is 0 Å². The molecule has 0 spiro atoms. The highest BCUT2D eigenvalue weighted by molar-refractivity contribution is 5.81. The van der Waals surface area contributed by atoms with Crippen molar-refractivity contribution in [2.24, 2.45) is 5.92 Å². The molecule has 132 valence electrons. The van der Waals surface area contributed by atoms with E-state index in [0.717, 1.165) is 45.6 Å². The Morgan fingerprint density at radius 1 is 1.21 bits per heavy atom. The number of likely N-dealkylation sites (tertiary alicyclic amines) is 1. The summed E-state index contributed by atoms with van der Waals surface area (Å²) in [4.78, 5) is 17.1. The fourth-order valence-electron chi connectivity index (χ4n) is 3.69. The van der Waals surface area contributed by atoms with Gasteiger partial charge in [0.15, 0.2) is 0 Å². The molecular weight excluding hydrogens is 302 g/mol. The molecule has 2 fully saturated rings. The van der Waals surface area contributed by atoms with E-state index >= 15 is 0 Å². The first-order valence-electron chi connectivity index (χ1n) is 9.07. The van der Waals surface area contributed by atoms with Crippen LogP contribution < -0.4 is 5.32 Å². The van der Waals surface area contributed by atoms with E-state index < -0.39 is 0 Å². The van der Waals surface area contributed by atoms with Crippen molar-refractivity contribution in [1.29, 1.82) is 0 Å². The van der Waals surface area contributed by atoms with Gasteiger partial charge in [-0.05, 0) is 37.9 Å². The molecule has 1 unspecified atom stereocenters. The normalized spacial score (nSPS) is 23.4. The van der Waals surface area contributed by atoms with Crippen LogP contribution >= 0.6 is 0 Å². The molecule has 5 heteroatoms. The summed E-state index contributed by atoms with van der Waals surface area (Å²) in [6, 6.07) is 10.4. The smallest absolute Gasteiger partial charge is 0.253 e. The lowest BCUT2D eigenvalue weighted by molar-refractivity contribution is -0.151. The van der Waals surface area contributed by atoms with Crippen LogP contribution in [-0.4, -0.2) is 68.2 Å². The number of carbonyl (C=O) groups is 1. The van der Waals surface area contributed by atoms with Crippen molar-refractivity contribution < 1.29 is 9.53 Å². The average Bonchev–Trinajstić information content (AvgIpc) is 2.63. The van der Waals surface area contributed by atoms with Crippen molar-refractivity contribution in [3.63, 3.8) is 0 Å². The first-order valence-corrected chi connectivity index (χ1v) is 9.07. The molecule has 5 nitrogen and oxygen atoms in total. The molecule has 24 heavy (non-hydrogen) atoms. The largest absolute Gasteiger partial charge is 0.366 e. The van der Waals surface area contributed by atoms with Gasteiger partial charge < -0.3 is 15.0 Å². The zero-order valence-corrected chi connectivity index (χ0v) is 14.6. The summed E-state index contributed by atoms with van der Waals surface area (Å²) in [6.07, 6.45) is 1.88. The Bertz CT molecular complexity index is 515. The van der Waals surface area contributed by atoms with Crippen molar-refractivity contribution in [1.82, 2.24) is 15.1 Å². The summed E-state index contributed by atoms with van der Waals surface area (Å²) in [6.45, 7) is 5.89. The number of ether oxygens (including phenoxy) is 1. The molecular formula is C19H29N3O2. The quantitative estimate of drug-likeness (QED) is 0.884. The molecule has 2 heterocycles.